The lowest BCUT2D eigenvalue weighted by molar-refractivity contribution is -0.121. The van der Waals surface area contributed by atoms with Gasteiger partial charge in [0.2, 0.25) is 5.91 Å². The number of nitrogens with one attached hydrogen (secondary N) is 1. The molecule has 0 aliphatic carbocycles. The zero-order valence-corrected chi connectivity index (χ0v) is 14.4. The van der Waals surface area contributed by atoms with E-state index >= 15 is 0 Å². The number of alkyl halides is 2. The minimum atomic E-state index is -2.90. The molecule has 2 aromatic carbocycles. The van der Waals surface area contributed by atoms with Gasteiger partial charge in [-0.15, -0.1) is 0 Å². The third kappa shape index (κ3) is 4.11. The molecule has 140 valence electrons. The summed E-state index contributed by atoms with van der Waals surface area (Å²) in [6.45, 7) is -1.36. The number of rotatable bonds is 6. The summed E-state index contributed by atoms with van der Waals surface area (Å²) in [5.74, 6) is -1.49. The predicted octanol–water partition coefficient (Wildman–Crippen LogP) is 2.51. The first-order valence-electron chi connectivity index (χ1n) is 8.12. The molecule has 0 bridgehead atoms. The summed E-state index contributed by atoms with van der Waals surface area (Å²) >= 11 is 0. The van der Waals surface area contributed by atoms with Crippen LogP contribution in [0.2, 0.25) is 0 Å². The Balaban J connectivity index is 1.57. The SMILES string of the molecule is Cc1ccc2c(c1)C(=O)N(CC(=O)NCc1ccc(OC(F)F)cc1)C2=O. The molecule has 27 heavy (non-hydrogen) atoms. The smallest absolute Gasteiger partial charge is 0.387 e. The number of ether oxygens (including phenoxy) is 1. The average Bonchev–Trinajstić information content (AvgIpc) is 2.85. The second kappa shape index (κ2) is 7.53. The highest BCUT2D eigenvalue weighted by molar-refractivity contribution is 6.22. The molecule has 0 saturated carbocycles. The molecule has 3 amide bonds. The highest BCUT2D eigenvalue weighted by Gasteiger charge is 2.36. The number of imide groups is 1. The lowest BCUT2D eigenvalue weighted by Crippen LogP contribution is -2.40. The van der Waals surface area contributed by atoms with Crippen LogP contribution in [0.1, 0.15) is 31.8 Å². The normalized spacial score (nSPS) is 13.1. The van der Waals surface area contributed by atoms with Crippen LogP contribution in [0.25, 0.3) is 0 Å². The van der Waals surface area contributed by atoms with E-state index in [1.165, 1.54) is 24.3 Å². The van der Waals surface area contributed by atoms with Crippen molar-refractivity contribution in [2.24, 2.45) is 0 Å². The number of amides is 3. The maximum Gasteiger partial charge on any atom is 0.387 e. The first kappa shape index (κ1) is 18.5. The number of aryl methyl sites for hydroxylation is 1. The van der Waals surface area contributed by atoms with Crippen molar-refractivity contribution < 1.29 is 27.9 Å². The van der Waals surface area contributed by atoms with Gasteiger partial charge in [-0.05, 0) is 36.8 Å². The Kier molecular flexibility index (Phi) is 5.16. The van der Waals surface area contributed by atoms with E-state index < -0.39 is 30.9 Å². The van der Waals surface area contributed by atoms with Gasteiger partial charge in [-0.2, -0.15) is 8.78 Å². The number of hydrogen-bond acceptors (Lipinski definition) is 4. The summed E-state index contributed by atoms with van der Waals surface area (Å²) in [5, 5.41) is 2.59. The summed E-state index contributed by atoms with van der Waals surface area (Å²) in [5.41, 5.74) is 2.08. The van der Waals surface area contributed by atoms with Gasteiger partial charge in [0.15, 0.2) is 0 Å². The number of fused-ring (bicyclic) bond motifs is 1. The Morgan fingerprint density at radius 1 is 1.07 bits per heavy atom. The number of carbonyl (C=O) groups excluding carboxylic acids is 3. The lowest BCUT2D eigenvalue weighted by Gasteiger charge is -2.13. The van der Waals surface area contributed by atoms with Crippen LogP contribution < -0.4 is 10.1 Å². The van der Waals surface area contributed by atoms with Crippen LogP contribution in [0.5, 0.6) is 5.75 Å². The molecule has 3 rings (SSSR count). The van der Waals surface area contributed by atoms with Gasteiger partial charge in [0.05, 0.1) is 11.1 Å². The molecule has 1 N–H and O–H groups in total. The topological polar surface area (TPSA) is 75.7 Å². The monoisotopic (exact) mass is 374 g/mol. The second-order valence-electron chi connectivity index (χ2n) is 6.04. The largest absolute Gasteiger partial charge is 0.435 e. The van der Waals surface area contributed by atoms with Crippen LogP contribution in [0.4, 0.5) is 8.78 Å². The molecular weight excluding hydrogens is 358 g/mol. The highest BCUT2D eigenvalue weighted by atomic mass is 19.3. The second-order valence-corrected chi connectivity index (χ2v) is 6.04. The maximum atomic E-state index is 12.3. The van der Waals surface area contributed by atoms with Gasteiger partial charge in [0.25, 0.3) is 11.8 Å². The molecule has 0 radical (unpaired) electrons. The van der Waals surface area contributed by atoms with E-state index in [-0.39, 0.29) is 17.9 Å². The summed E-state index contributed by atoms with van der Waals surface area (Å²) in [4.78, 5) is 37.7. The van der Waals surface area contributed by atoms with E-state index in [9.17, 15) is 23.2 Å². The van der Waals surface area contributed by atoms with Gasteiger partial charge in [0.1, 0.15) is 12.3 Å². The number of carbonyl (C=O) groups is 3. The van der Waals surface area contributed by atoms with Gasteiger partial charge in [-0.1, -0.05) is 23.8 Å². The summed E-state index contributed by atoms with van der Waals surface area (Å²) in [7, 11) is 0. The molecule has 0 unspecified atom stereocenters. The van der Waals surface area contributed by atoms with E-state index in [1.54, 1.807) is 18.2 Å². The van der Waals surface area contributed by atoms with Crippen molar-refractivity contribution in [1.29, 1.82) is 0 Å². The molecule has 0 spiro atoms. The summed E-state index contributed by atoms with van der Waals surface area (Å²) < 4.78 is 28.5. The molecule has 2 aromatic rings. The zero-order valence-electron chi connectivity index (χ0n) is 14.4. The minimum Gasteiger partial charge on any atom is -0.435 e. The van der Waals surface area contributed by atoms with Crippen LogP contribution in [0.3, 0.4) is 0 Å². The lowest BCUT2D eigenvalue weighted by atomic mass is 10.1. The van der Waals surface area contributed by atoms with E-state index in [2.05, 4.69) is 10.1 Å². The first-order chi connectivity index (χ1) is 12.8. The Morgan fingerprint density at radius 3 is 2.41 bits per heavy atom. The van der Waals surface area contributed by atoms with Gasteiger partial charge in [0, 0.05) is 6.54 Å². The Bertz CT molecular complexity index is 897. The number of nitrogens with zero attached hydrogens (tertiary/aromatic N) is 1. The van der Waals surface area contributed by atoms with Crippen molar-refractivity contribution in [3.8, 4) is 5.75 Å². The number of benzene rings is 2. The number of hydrogen-bond donors (Lipinski definition) is 1. The summed E-state index contributed by atoms with van der Waals surface area (Å²) in [6.07, 6.45) is 0. The highest BCUT2D eigenvalue weighted by Crippen LogP contribution is 2.23. The molecule has 6 nitrogen and oxygen atoms in total. The summed E-state index contributed by atoms with van der Waals surface area (Å²) in [6, 6.07) is 10.7. The fourth-order valence-electron chi connectivity index (χ4n) is 2.74. The predicted molar refractivity (Wildman–Crippen MR) is 91.5 cm³/mol. The molecule has 0 atom stereocenters. The molecule has 8 heteroatoms. The maximum absolute atomic E-state index is 12.3. The molecule has 0 saturated heterocycles. The third-order valence-electron chi connectivity index (χ3n) is 4.07. The van der Waals surface area contributed by atoms with Crippen LogP contribution in [0, 0.1) is 6.92 Å². The molecule has 1 aliphatic rings. The van der Waals surface area contributed by atoms with Crippen molar-refractivity contribution in [2.75, 3.05) is 6.54 Å². The van der Waals surface area contributed by atoms with E-state index in [4.69, 9.17) is 0 Å². The Labute approximate surface area is 153 Å². The third-order valence-corrected chi connectivity index (χ3v) is 4.07. The molecule has 0 aromatic heterocycles. The number of halogens is 2. The standard InChI is InChI=1S/C19H16F2N2O4/c1-11-2-7-14-15(8-11)18(26)23(17(14)25)10-16(24)22-9-12-3-5-13(6-4-12)27-19(20)21/h2-8,19H,9-10H2,1H3,(H,22,24). The first-order valence-corrected chi connectivity index (χ1v) is 8.12. The molecule has 1 aliphatic heterocycles. The van der Waals surface area contributed by atoms with Crippen molar-refractivity contribution >= 4 is 17.7 Å². The fraction of sp³-hybridized carbons (Fsp3) is 0.211. The zero-order chi connectivity index (χ0) is 19.6. The Hall–Kier alpha value is -3.29. The average molecular weight is 374 g/mol. The van der Waals surface area contributed by atoms with Gasteiger partial charge in [-0.3, -0.25) is 19.3 Å². The van der Waals surface area contributed by atoms with Crippen LogP contribution in [0.15, 0.2) is 42.5 Å². The van der Waals surface area contributed by atoms with Gasteiger partial charge < -0.3 is 10.1 Å². The van der Waals surface area contributed by atoms with Gasteiger partial charge in [-0.25, -0.2) is 0 Å². The van der Waals surface area contributed by atoms with E-state index in [1.807, 2.05) is 6.92 Å². The van der Waals surface area contributed by atoms with Crippen molar-refractivity contribution in [2.45, 2.75) is 20.1 Å². The van der Waals surface area contributed by atoms with Crippen LogP contribution in [-0.4, -0.2) is 35.8 Å². The van der Waals surface area contributed by atoms with Crippen molar-refractivity contribution in [1.82, 2.24) is 10.2 Å². The Morgan fingerprint density at radius 2 is 1.74 bits per heavy atom. The van der Waals surface area contributed by atoms with E-state index in [0.29, 0.717) is 11.1 Å². The van der Waals surface area contributed by atoms with Crippen LogP contribution in [-0.2, 0) is 11.3 Å². The van der Waals surface area contributed by atoms with E-state index in [0.717, 1.165) is 10.5 Å². The van der Waals surface area contributed by atoms with Crippen molar-refractivity contribution in [3.63, 3.8) is 0 Å². The quantitative estimate of drug-likeness (QED) is 0.789. The molecular formula is C19H16F2N2O4. The van der Waals surface area contributed by atoms with Gasteiger partial charge >= 0.3 is 6.61 Å². The molecule has 0 fully saturated rings. The fourth-order valence-corrected chi connectivity index (χ4v) is 2.74. The molecule has 1 heterocycles. The van der Waals surface area contributed by atoms with Crippen molar-refractivity contribution in [3.05, 3.63) is 64.7 Å². The van der Waals surface area contributed by atoms with Crippen LogP contribution >= 0.6 is 0 Å². The minimum absolute atomic E-state index is 0.0152.